The van der Waals surface area contributed by atoms with E-state index in [2.05, 4.69) is 25.3 Å². The maximum absolute atomic E-state index is 9.38. The van der Waals surface area contributed by atoms with E-state index in [1.165, 1.54) is 18.5 Å². The first-order chi connectivity index (χ1) is 8.74. The molecule has 3 rings (SSSR count). The molecule has 2 aromatic heterocycles. The third-order valence-corrected chi connectivity index (χ3v) is 2.28. The number of phenolic OH excluding ortho intramolecular Hbond substituents is 2. The Morgan fingerprint density at radius 3 is 2.78 bits per heavy atom. The van der Waals surface area contributed by atoms with Crippen LogP contribution in [0.2, 0.25) is 0 Å². The molecule has 1 aromatic carbocycles. The first-order valence-electron chi connectivity index (χ1n) is 4.96. The van der Waals surface area contributed by atoms with Crippen LogP contribution in [-0.2, 0) is 0 Å². The Balaban J connectivity index is 2.00. The van der Waals surface area contributed by atoms with Gasteiger partial charge in [0.05, 0.1) is 0 Å². The second kappa shape index (κ2) is 3.84. The molecule has 0 aliphatic rings. The smallest absolute Gasteiger partial charge is 0.258 e. The molecule has 0 saturated heterocycles. The molecule has 3 aromatic rings. The van der Waals surface area contributed by atoms with E-state index in [-0.39, 0.29) is 23.2 Å². The molecule has 18 heavy (non-hydrogen) atoms. The zero-order chi connectivity index (χ0) is 12.5. The highest BCUT2D eigenvalue weighted by Gasteiger charge is 2.13. The molecule has 0 unspecified atom stereocenters. The number of hydrogen-bond acceptors (Lipinski definition) is 7. The number of aromatic amines is 1. The minimum absolute atomic E-state index is 0.205. The minimum atomic E-state index is -0.257. The first kappa shape index (κ1) is 10.3. The fourth-order valence-corrected chi connectivity index (χ4v) is 1.41. The van der Waals surface area contributed by atoms with Gasteiger partial charge >= 0.3 is 0 Å². The second-order valence-corrected chi connectivity index (χ2v) is 3.46. The second-order valence-electron chi connectivity index (χ2n) is 3.46. The molecule has 0 fully saturated rings. The average molecular weight is 245 g/mol. The molecule has 8 heteroatoms. The number of benzene rings is 1. The third kappa shape index (κ3) is 1.65. The summed E-state index contributed by atoms with van der Waals surface area (Å²) in [6, 6.07) is 4.21. The number of aromatic hydroxyl groups is 2. The number of phenols is 2. The highest BCUT2D eigenvalue weighted by atomic mass is 16.5. The highest BCUT2D eigenvalue weighted by Crippen LogP contribution is 2.30. The van der Waals surface area contributed by atoms with Crippen molar-refractivity contribution >= 4 is 0 Å². The number of nitrogens with zero attached hydrogens (tertiary/aromatic N) is 4. The normalized spacial score (nSPS) is 10.7. The summed E-state index contributed by atoms with van der Waals surface area (Å²) in [5.74, 6) is 0.375. The summed E-state index contributed by atoms with van der Waals surface area (Å²) in [6.45, 7) is 0. The zero-order valence-electron chi connectivity index (χ0n) is 8.90. The molecule has 0 aliphatic heterocycles. The predicted molar refractivity (Wildman–Crippen MR) is 58.4 cm³/mol. The molecule has 90 valence electrons. The predicted octanol–water partition coefficient (Wildman–Crippen LogP) is 0.933. The van der Waals surface area contributed by atoms with Crippen LogP contribution in [0.3, 0.4) is 0 Å². The van der Waals surface area contributed by atoms with Crippen molar-refractivity contribution in [3.05, 3.63) is 24.5 Å². The SMILES string of the molecule is Oc1ccc(-c2nc(-c3ncn[nH]3)no2)cc1O. The Labute approximate surface area is 99.9 Å². The summed E-state index contributed by atoms with van der Waals surface area (Å²) in [7, 11) is 0. The largest absolute Gasteiger partial charge is 0.504 e. The molecule has 0 amide bonds. The molecular formula is C10H7N5O3. The molecule has 0 atom stereocenters. The molecule has 0 bridgehead atoms. The fourth-order valence-electron chi connectivity index (χ4n) is 1.41. The van der Waals surface area contributed by atoms with Gasteiger partial charge in [0.1, 0.15) is 6.33 Å². The molecule has 8 nitrogen and oxygen atoms in total. The standard InChI is InChI=1S/C10H7N5O3/c16-6-2-1-5(3-7(6)17)10-13-9(15-18-10)8-11-4-12-14-8/h1-4,16-17H,(H,11,12,14). The zero-order valence-corrected chi connectivity index (χ0v) is 8.90. The van der Waals surface area contributed by atoms with Gasteiger partial charge in [0.25, 0.3) is 5.89 Å². The van der Waals surface area contributed by atoms with Crippen LogP contribution >= 0.6 is 0 Å². The van der Waals surface area contributed by atoms with Crippen molar-refractivity contribution in [1.82, 2.24) is 25.3 Å². The van der Waals surface area contributed by atoms with E-state index >= 15 is 0 Å². The number of rotatable bonds is 2. The van der Waals surface area contributed by atoms with Gasteiger partial charge in [0.15, 0.2) is 17.3 Å². The average Bonchev–Trinajstić information content (AvgIpc) is 3.01. The maximum atomic E-state index is 9.38. The highest BCUT2D eigenvalue weighted by molar-refractivity contribution is 5.60. The summed E-state index contributed by atoms with van der Waals surface area (Å²) >= 11 is 0. The lowest BCUT2D eigenvalue weighted by molar-refractivity contribution is 0.402. The van der Waals surface area contributed by atoms with Crippen molar-refractivity contribution in [2.24, 2.45) is 0 Å². The number of H-pyrrole nitrogens is 1. The fraction of sp³-hybridized carbons (Fsp3) is 0. The molecule has 2 heterocycles. The summed E-state index contributed by atoms with van der Waals surface area (Å²) in [6.07, 6.45) is 1.33. The number of aromatic nitrogens is 5. The summed E-state index contributed by atoms with van der Waals surface area (Å²) in [4.78, 5) is 7.97. The molecule has 0 spiro atoms. The van der Waals surface area contributed by atoms with Crippen LogP contribution in [0, 0.1) is 0 Å². The molecule has 0 aliphatic carbocycles. The van der Waals surface area contributed by atoms with E-state index in [0.717, 1.165) is 0 Å². The lowest BCUT2D eigenvalue weighted by Crippen LogP contribution is -1.83. The van der Waals surface area contributed by atoms with E-state index in [1.54, 1.807) is 6.07 Å². The van der Waals surface area contributed by atoms with Crippen LogP contribution in [0.25, 0.3) is 23.1 Å². The van der Waals surface area contributed by atoms with Crippen molar-refractivity contribution in [1.29, 1.82) is 0 Å². The van der Waals surface area contributed by atoms with Gasteiger partial charge in [-0.05, 0) is 18.2 Å². The van der Waals surface area contributed by atoms with Gasteiger partial charge in [-0.25, -0.2) is 4.98 Å². The molecular weight excluding hydrogens is 238 g/mol. The number of nitrogens with one attached hydrogen (secondary N) is 1. The third-order valence-electron chi connectivity index (χ3n) is 2.28. The van der Waals surface area contributed by atoms with Gasteiger partial charge in [-0.3, -0.25) is 5.10 Å². The van der Waals surface area contributed by atoms with Crippen molar-refractivity contribution in [2.75, 3.05) is 0 Å². The van der Waals surface area contributed by atoms with Crippen molar-refractivity contribution in [3.8, 4) is 34.6 Å². The van der Waals surface area contributed by atoms with Crippen LogP contribution in [0.15, 0.2) is 29.0 Å². The Bertz CT molecular complexity index is 677. The van der Waals surface area contributed by atoms with E-state index in [9.17, 15) is 10.2 Å². The van der Waals surface area contributed by atoms with Gasteiger partial charge in [0, 0.05) is 5.56 Å². The van der Waals surface area contributed by atoms with Crippen molar-refractivity contribution in [3.63, 3.8) is 0 Å². The summed E-state index contributed by atoms with van der Waals surface area (Å²) in [5, 5.41) is 28.6. The molecule has 0 radical (unpaired) electrons. The van der Waals surface area contributed by atoms with Gasteiger partial charge in [-0.2, -0.15) is 10.1 Å². The Hall–Kier alpha value is -2.90. The van der Waals surface area contributed by atoms with E-state index < -0.39 is 0 Å². The quantitative estimate of drug-likeness (QED) is 0.574. The molecule has 0 saturated carbocycles. The van der Waals surface area contributed by atoms with E-state index in [0.29, 0.717) is 11.4 Å². The van der Waals surface area contributed by atoms with Crippen LogP contribution in [0.5, 0.6) is 11.5 Å². The van der Waals surface area contributed by atoms with Crippen molar-refractivity contribution < 1.29 is 14.7 Å². The lowest BCUT2D eigenvalue weighted by Gasteiger charge is -1.98. The van der Waals surface area contributed by atoms with Crippen molar-refractivity contribution in [2.45, 2.75) is 0 Å². The van der Waals surface area contributed by atoms with E-state index in [1.807, 2.05) is 0 Å². The van der Waals surface area contributed by atoms with Crippen LogP contribution in [0.4, 0.5) is 0 Å². The minimum Gasteiger partial charge on any atom is -0.504 e. The van der Waals surface area contributed by atoms with Crippen LogP contribution in [0.1, 0.15) is 0 Å². The maximum Gasteiger partial charge on any atom is 0.258 e. The van der Waals surface area contributed by atoms with Gasteiger partial charge in [0.2, 0.25) is 5.82 Å². The summed E-state index contributed by atoms with van der Waals surface area (Å²) in [5.41, 5.74) is 0.489. The first-order valence-corrected chi connectivity index (χ1v) is 4.96. The lowest BCUT2D eigenvalue weighted by atomic mass is 10.2. The summed E-state index contributed by atoms with van der Waals surface area (Å²) < 4.78 is 5.03. The number of hydrogen-bond donors (Lipinski definition) is 3. The van der Waals surface area contributed by atoms with Crippen LogP contribution < -0.4 is 0 Å². The Kier molecular flexibility index (Phi) is 2.19. The van der Waals surface area contributed by atoms with Gasteiger partial charge in [-0.1, -0.05) is 5.16 Å². The Morgan fingerprint density at radius 2 is 2.06 bits per heavy atom. The van der Waals surface area contributed by atoms with Gasteiger partial charge in [-0.15, -0.1) is 0 Å². The van der Waals surface area contributed by atoms with E-state index in [4.69, 9.17) is 4.52 Å². The monoisotopic (exact) mass is 245 g/mol. The topological polar surface area (TPSA) is 121 Å². The van der Waals surface area contributed by atoms with Crippen LogP contribution in [-0.4, -0.2) is 35.5 Å². The molecule has 3 N–H and O–H groups in total. The van der Waals surface area contributed by atoms with Gasteiger partial charge < -0.3 is 14.7 Å². The Morgan fingerprint density at radius 1 is 1.17 bits per heavy atom.